The standard InChI is InChI=1S/C13H29N3O2S/c1-10(15-12(17)18-13(2,3)4)11(9-14)16(5)7-8-19-6/h10-11H,7-9,14H2,1-6H3,(H,15,17). The highest BCUT2D eigenvalue weighted by Gasteiger charge is 2.24. The Morgan fingerprint density at radius 3 is 2.47 bits per heavy atom. The second-order valence-corrected chi connectivity index (χ2v) is 6.70. The van der Waals surface area contributed by atoms with E-state index >= 15 is 0 Å². The SMILES string of the molecule is CSCCN(C)C(CN)C(C)NC(=O)OC(C)(C)C. The molecule has 0 aliphatic carbocycles. The van der Waals surface area contributed by atoms with Crippen LogP contribution in [-0.2, 0) is 4.74 Å². The number of hydrogen-bond acceptors (Lipinski definition) is 5. The molecule has 114 valence electrons. The van der Waals surface area contributed by atoms with Crippen LogP contribution in [0.1, 0.15) is 27.7 Å². The molecule has 19 heavy (non-hydrogen) atoms. The highest BCUT2D eigenvalue weighted by Crippen LogP contribution is 2.08. The monoisotopic (exact) mass is 291 g/mol. The molecule has 0 aliphatic heterocycles. The lowest BCUT2D eigenvalue weighted by molar-refractivity contribution is 0.0480. The molecular weight excluding hydrogens is 262 g/mol. The largest absolute Gasteiger partial charge is 0.444 e. The third-order valence-corrected chi connectivity index (χ3v) is 3.37. The molecule has 0 fully saturated rings. The molecular formula is C13H29N3O2S. The fraction of sp³-hybridized carbons (Fsp3) is 0.923. The normalized spacial score (nSPS) is 15.2. The molecule has 3 N–H and O–H groups in total. The number of thioether (sulfide) groups is 1. The molecule has 0 aromatic heterocycles. The van der Waals surface area contributed by atoms with Crippen molar-refractivity contribution in [3.05, 3.63) is 0 Å². The lowest BCUT2D eigenvalue weighted by atomic mass is 10.1. The first-order chi connectivity index (χ1) is 8.71. The van der Waals surface area contributed by atoms with Crippen LogP contribution in [0.25, 0.3) is 0 Å². The lowest BCUT2D eigenvalue weighted by Crippen LogP contribution is -2.53. The van der Waals surface area contributed by atoms with Gasteiger partial charge in [-0.1, -0.05) is 0 Å². The molecule has 0 saturated heterocycles. The topological polar surface area (TPSA) is 67.6 Å². The summed E-state index contributed by atoms with van der Waals surface area (Å²) in [6.45, 7) is 8.95. The van der Waals surface area contributed by atoms with Gasteiger partial charge < -0.3 is 15.8 Å². The van der Waals surface area contributed by atoms with Crippen molar-refractivity contribution in [2.24, 2.45) is 5.73 Å². The van der Waals surface area contributed by atoms with Gasteiger partial charge in [0.15, 0.2) is 0 Å². The Morgan fingerprint density at radius 2 is 2.05 bits per heavy atom. The van der Waals surface area contributed by atoms with Crippen LogP contribution in [0.2, 0.25) is 0 Å². The highest BCUT2D eigenvalue weighted by molar-refractivity contribution is 7.98. The molecule has 0 aromatic rings. The van der Waals surface area contributed by atoms with Crippen molar-refractivity contribution in [2.75, 3.05) is 32.1 Å². The van der Waals surface area contributed by atoms with Crippen molar-refractivity contribution < 1.29 is 9.53 Å². The van der Waals surface area contributed by atoms with E-state index in [1.165, 1.54) is 0 Å². The summed E-state index contributed by atoms with van der Waals surface area (Å²) in [6, 6.07) is 0.0615. The molecule has 0 radical (unpaired) electrons. The molecule has 2 unspecified atom stereocenters. The van der Waals surface area contributed by atoms with Crippen LogP contribution in [0.4, 0.5) is 4.79 Å². The van der Waals surface area contributed by atoms with Gasteiger partial charge in [0.1, 0.15) is 5.60 Å². The zero-order chi connectivity index (χ0) is 15.1. The van der Waals surface area contributed by atoms with E-state index in [9.17, 15) is 4.79 Å². The van der Waals surface area contributed by atoms with Crippen LogP contribution in [0.5, 0.6) is 0 Å². The van der Waals surface area contributed by atoms with Gasteiger partial charge in [-0.25, -0.2) is 4.79 Å². The Labute approximate surface area is 121 Å². The molecule has 0 heterocycles. The van der Waals surface area contributed by atoms with Crippen molar-refractivity contribution in [1.29, 1.82) is 0 Å². The summed E-state index contributed by atoms with van der Waals surface area (Å²) in [7, 11) is 2.03. The average molecular weight is 291 g/mol. The number of rotatable bonds is 7. The van der Waals surface area contributed by atoms with E-state index in [-0.39, 0.29) is 12.1 Å². The molecule has 5 nitrogen and oxygen atoms in total. The van der Waals surface area contributed by atoms with E-state index in [0.29, 0.717) is 6.54 Å². The summed E-state index contributed by atoms with van der Waals surface area (Å²) >= 11 is 1.80. The van der Waals surface area contributed by atoms with Crippen LogP contribution in [0, 0.1) is 0 Å². The van der Waals surface area contributed by atoms with Crippen LogP contribution in [0.15, 0.2) is 0 Å². The Balaban J connectivity index is 4.34. The molecule has 0 aromatic carbocycles. The van der Waals surface area contributed by atoms with E-state index in [2.05, 4.69) is 16.5 Å². The third kappa shape index (κ3) is 8.34. The predicted molar refractivity (Wildman–Crippen MR) is 82.7 cm³/mol. The number of carbonyl (C=O) groups is 1. The quantitative estimate of drug-likeness (QED) is 0.744. The maximum atomic E-state index is 11.7. The Bertz CT molecular complexity index is 269. The van der Waals surface area contributed by atoms with Crippen molar-refractivity contribution in [3.63, 3.8) is 0 Å². The van der Waals surface area contributed by atoms with E-state index in [1.807, 2.05) is 34.7 Å². The Hall–Kier alpha value is -0.460. The van der Waals surface area contributed by atoms with Gasteiger partial charge in [0, 0.05) is 30.9 Å². The minimum atomic E-state index is -0.479. The summed E-state index contributed by atoms with van der Waals surface area (Å²) in [5.41, 5.74) is 5.33. The summed E-state index contributed by atoms with van der Waals surface area (Å²) in [6.07, 6.45) is 1.69. The molecule has 2 atom stereocenters. The molecule has 0 spiro atoms. The number of hydrogen-bond donors (Lipinski definition) is 2. The fourth-order valence-corrected chi connectivity index (χ4v) is 2.23. The first-order valence-corrected chi connectivity index (χ1v) is 7.99. The van der Waals surface area contributed by atoms with E-state index in [0.717, 1.165) is 12.3 Å². The predicted octanol–water partition coefficient (Wildman–Crippen LogP) is 1.52. The zero-order valence-corrected chi connectivity index (χ0v) is 13.8. The molecule has 6 heteroatoms. The van der Waals surface area contributed by atoms with Crippen LogP contribution in [0.3, 0.4) is 0 Å². The first kappa shape index (κ1) is 18.5. The van der Waals surface area contributed by atoms with Crippen LogP contribution in [-0.4, -0.2) is 60.8 Å². The summed E-state index contributed by atoms with van der Waals surface area (Å²) in [4.78, 5) is 13.9. The maximum Gasteiger partial charge on any atom is 0.407 e. The van der Waals surface area contributed by atoms with Gasteiger partial charge in [-0.05, 0) is 41.0 Å². The van der Waals surface area contributed by atoms with Crippen LogP contribution >= 0.6 is 11.8 Å². The third-order valence-electron chi connectivity index (χ3n) is 2.78. The molecule has 0 aliphatic rings. The minimum absolute atomic E-state index is 0.0493. The van der Waals surface area contributed by atoms with Crippen molar-refractivity contribution in [2.45, 2.75) is 45.4 Å². The van der Waals surface area contributed by atoms with Gasteiger partial charge in [0.25, 0.3) is 0 Å². The lowest BCUT2D eigenvalue weighted by Gasteiger charge is -2.32. The number of carbonyl (C=O) groups excluding carboxylic acids is 1. The van der Waals surface area contributed by atoms with Gasteiger partial charge in [-0.3, -0.25) is 4.90 Å². The molecule has 0 saturated carbocycles. The van der Waals surface area contributed by atoms with Gasteiger partial charge >= 0.3 is 6.09 Å². The Kier molecular flexibility index (Phi) is 8.45. The van der Waals surface area contributed by atoms with E-state index in [1.54, 1.807) is 11.8 Å². The van der Waals surface area contributed by atoms with Gasteiger partial charge in [0.2, 0.25) is 0 Å². The number of nitrogens with zero attached hydrogens (tertiary/aromatic N) is 1. The van der Waals surface area contributed by atoms with E-state index < -0.39 is 11.7 Å². The van der Waals surface area contributed by atoms with Crippen LogP contribution < -0.4 is 11.1 Å². The smallest absolute Gasteiger partial charge is 0.407 e. The number of nitrogens with two attached hydrogens (primary N) is 1. The summed E-state index contributed by atoms with van der Waals surface area (Å²) in [5, 5.41) is 2.86. The number of likely N-dealkylation sites (N-methyl/N-ethyl adjacent to an activating group) is 1. The van der Waals surface area contributed by atoms with Gasteiger partial charge in [-0.2, -0.15) is 11.8 Å². The summed E-state index contributed by atoms with van der Waals surface area (Å²) < 4.78 is 5.25. The zero-order valence-electron chi connectivity index (χ0n) is 13.0. The van der Waals surface area contributed by atoms with Crippen molar-refractivity contribution in [1.82, 2.24) is 10.2 Å². The number of ether oxygens (including phenoxy) is 1. The van der Waals surface area contributed by atoms with E-state index in [4.69, 9.17) is 10.5 Å². The summed E-state index contributed by atoms with van der Waals surface area (Å²) in [5.74, 6) is 1.05. The minimum Gasteiger partial charge on any atom is -0.444 e. The molecule has 1 amide bonds. The second kappa shape index (κ2) is 8.66. The fourth-order valence-electron chi connectivity index (χ4n) is 1.76. The van der Waals surface area contributed by atoms with Crippen molar-refractivity contribution in [3.8, 4) is 0 Å². The second-order valence-electron chi connectivity index (χ2n) is 5.71. The maximum absolute atomic E-state index is 11.7. The first-order valence-electron chi connectivity index (χ1n) is 6.60. The molecule has 0 bridgehead atoms. The number of nitrogens with one attached hydrogen (secondary N) is 1. The highest BCUT2D eigenvalue weighted by atomic mass is 32.2. The number of amides is 1. The number of alkyl carbamates (subject to hydrolysis) is 1. The van der Waals surface area contributed by atoms with Gasteiger partial charge in [0.05, 0.1) is 0 Å². The Morgan fingerprint density at radius 1 is 1.47 bits per heavy atom. The van der Waals surface area contributed by atoms with Crippen molar-refractivity contribution >= 4 is 17.9 Å². The van der Waals surface area contributed by atoms with Gasteiger partial charge in [-0.15, -0.1) is 0 Å². The molecule has 0 rings (SSSR count). The average Bonchev–Trinajstić information content (AvgIpc) is 2.24.